The number of ketones is 1. The predicted molar refractivity (Wildman–Crippen MR) is 49.2 cm³/mol. The first-order chi connectivity index (χ1) is 6.65. The number of aliphatic hydroxyl groups excluding tert-OH is 1. The third-order valence-corrected chi connectivity index (χ3v) is 1.58. The molecule has 0 aromatic heterocycles. The molecule has 0 saturated heterocycles. The minimum Gasteiger partial charge on any atom is -0.426 e. The zero-order valence-electron chi connectivity index (χ0n) is 7.69. The predicted octanol–water partition coefficient (Wildman–Crippen LogP) is 0.787. The number of Topliss-reactive ketones (excluding diaryl/α,β-unsaturated/α-hetero) is 1. The van der Waals surface area contributed by atoms with Crippen LogP contribution in [0.15, 0.2) is 24.3 Å². The number of rotatable bonds is 3. The molecule has 4 nitrogen and oxygen atoms in total. The van der Waals surface area contributed by atoms with Crippen LogP contribution in [0, 0.1) is 0 Å². The molecule has 14 heavy (non-hydrogen) atoms. The lowest BCUT2D eigenvalue weighted by atomic mass is 10.1. The zero-order valence-corrected chi connectivity index (χ0v) is 7.69. The third kappa shape index (κ3) is 2.40. The smallest absolute Gasteiger partial charge is 0.308 e. The van der Waals surface area contributed by atoms with E-state index in [2.05, 4.69) is 0 Å². The summed E-state index contributed by atoms with van der Waals surface area (Å²) >= 11 is 0. The Hall–Kier alpha value is -1.68. The molecule has 0 aliphatic heterocycles. The Morgan fingerprint density at radius 1 is 1.36 bits per heavy atom. The highest BCUT2D eigenvalue weighted by atomic mass is 16.5. The Kier molecular flexibility index (Phi) is 3.36. The van der Waals surface area contributed by atoms with E-state index in [0.717, 1.165) is 0 Å². The Morgan fingerprint density at radius 3 is 2.57 bits per heavy atom. The van der Waals surface area contributed by atoms with Crippen LogP contribution >= 0.6 is 0 Å². The van der Waals surface area contributed by atoms with E-state index >= 15 is 0 Å². The van der Waals surface area contributed by atoms with Gasteiger partial charge in [0.15, 0.2) is 5.78 Å². The summed E-state index contributed by atoms with van der Waals surface area (Å²) in [5.74, 6) is -0.788. The second-order valence-electron chi connectivity index (χ2n) is 2.67. The molecule has 0 amide bonds. The van der Waals surface area contributed by atoms with Gasteiger partial charge < -0.3 is 9.84 Å². The van der Waals surface area contributed by atoms with Gasteiger partial charge in [-0.2, -0.15) is 0 Å². The van der Waals surface area contributed by atoms with E-state index in [4.69, 9.17) is 9.84 Å². The largest absolute Gasteiger partial charge is 0.426 e. The molecule has 1 aromatic carbocycles. The van der Waals surface area contributed by atoms with Crippen molar-refractivity contribution in [2.75, 3.05) is 6.61 Å². The van der Waals surface area contributed by atoms with Crippen molar-refractivity contribution in [3.8, 4) is 5.75 Å². The minimum absolute atomic E-state index is 0.180. The lowest BCUT2D eigenvalue weighted by Crippen LogP contribution is -2.10. The standard InChI is InChI=1S/C10H10O4/c1-7(12)14-10-5-3-2-4-8(10)9(13)6-11/h2-5,11H,6H2,1H3. The topological polar surface area (TPSA) is 63.6 Å². The molecule has 4 heteroatoms. The first-order valence-corrected chi connectivity index (χ1v) is 4.06. The number of carbonyl (C=O) groups is 2. The minimum atomic E-state index is -0.599. The Morgan fingerprint density at radius 2 is 2.00 bits per heavy atom. The van der Waals surface area contributed by atoms with Crippen molar-refractivity contribution in [2.45, 2.75) is 6.92 Å². The molecule has 0 aliphatic rings. The number of ether oxygens (including phenoxy) is 1. The van der Waals surface area contributed by atoms with Crippen LogP contribution in [0.2, 0.25) is 0 Å². The molecule has 0 spiro atoms. The lowest BCUT2D eigenvalue weighted by molar-refractivity contribution is -0.131. The summed E-state index contributed by atoms with van der Waals surface area (Å²) in [6, 6.07) is 6.28. The van der Waals surface area contributed by atoms with Crippen LogP contribution in [-0.4, -0.2) is 23.5 Å². The molecule has 0 saturated carbocycles. The molecule has 0 unspecified atom stereocenters. The first-order valence-electron chi connectivity index (χ1n) is 4.06. The zero-order chi connectivity index (χ0) is 10.6. The third-order valence-electron chi connectivity index (χ3n) is 1.58. The van der Waals surface area contributed by atoms with Gasteiger partial charge in [0.2, 0.25) is 0 Å². The van der Waals surface area contributed by atoms with Gasteiger partial charge in [0.25, 0.3) is 0 Å². The monoisotopic (exact) mass is 194 g/mol. The van der Waals surface area contributed by atoms with Gasteiger partial charge in [-0.05, 0) is 12.1 Å². The van der Waals surface area contributed by atoms with Crippen LogP contribution < -0.4 is 4.74 Å². The lowest BCUT2D eigenvalue weighted by Gasteiger charge is -2.05. The summed E-state index contributed by atoms with van der Waals surface area (Å²) in [6.07, 6.45) is 0. The molecule has 0 aliphatic carbocycles. The van der Waals surface area contributed by atoms with Crippen molar-refractivity contribution < 1.29 is 19.4 Å². The summed E-state index contributed by atoms with van der Waals surface area (Å²) in [4.78, 5) is 21.9. The van der Waals surface area contributed by atoms with E-state index in [1.165, 1.54) is 19.1 Å². The molecular formula is C10H10O4. The van der Waals surface area contributed by atoms with Gasteiger partial charge in [-0.15, -0.1) is 0 Å². The number of benzene rings is 1. The van der Waals surface area contributed by atoms with E-state index in [1.54, 1.807) is 12.1 Å². The number of carbonyl (C=O) groups excluding carboxylic acids is 2. The van der Waals surface area contributed by atoms with Gasteiger partial charge in [-0.25, -0.2) is 0 Å². The molecular weight excluding hydrogens is 184 g/mol. The second kappa shape index (κ2) is 4.53. The quantitative estimate of drug-likeness (QED) is 0.439. The molecule has 74 valence electrons. The van der Waals surface area contributed by atoms with E-state index < -0.39 is 18.4 Å². The van der Waals surface area contributed by atoms with Gasteiger partial charge >= 0.3 is 5.97 Å². The fourth-order valence-corrected chi connectivity index (χ4v) is 1.03. The van der Waals surface area contributed by atoms with Crippen LogP contribution in [-0.2, 0) is 4.79 Å². The Labute approximate surface area is 81.1 Å². The van der Waals surface area contributed by atoms with Crippen molar-refractivity contribution in [1.29, 1.82) is 0 Å². The molecule has 0 atom stereocenters. The van der Waals surface area contributed by atoms with Crippen molar-refractivity contribution >= 4 is 11.8 Å². The Bertz CT molecular complexity index is 357. The normalized spacial score (nSPS) is 9.57. The highest BCUT2D eigenvalue weighted by Gasteiger charge is 2.11. The first kappa shape index (κ1) is 10.4. The van der Waals surface area contributed by atoms with Crippen molar-refractivity contribution in [3.05, 3.63) is 29.8 Å². The molecule has 0 bridgehead atoms. The number of hydrogen-bond donors (Lipinski definition) is 1. The molecule has 0 heterocycles. The summed E-state index contributed by atoms with van der Waals surface area (Å²) in [5.41, 5.74) is 0.213. The van der Waals surface area contributed by atoms with Gasteiger partial charge in [0, 0.05) is 6.92 Å². The maximum Gasteiger partial charge on any atom is 0.308 e. The van der Waals surface area contributed by atoms with Crippen molar-refractivity contribution in [1.82, 2.24) is 0 Å². The van der Waals surface area contributed by atoms with E-state index in [0.29, 0.717) is 0 Å². The number of para-hydroxylation sites is 1. The number of hydrogen-bond acceptors (Lipinski definition) is 4. The van der Waals surface area contributed by atoms with Crippen LogP contribution in [0.4, 0.5) is 0 Å². The van der Waals surface area contributed by atoms with Crippen LogP contribution in [0.5, 0.6) is 5.75 Å². The fourth-order valence-electron chi connectivity index (χ4n) is 1.03. The fraction of sp³-hybridized carbons (Fsp3) is 0.200. The Balaban J connectivity index is 3.02. The van der Waals surface area contributed by atoms with Gasteiger partial charge in [-0.1, -0.05) is 12.1 Å². The highest BCUT2D eigenvalue weighted by Crippen LogP contribution is 2.18. The van der Waals surface area contributed by atoms with Gasteiger partial charge in [0.1, 0.15) is 12.4 Å². The van der Waals surface area contributed by atoms with Crippen LogP contribution in [0.25, 0.3) is 0 Å². The SMILES string of the molecule is CC(=O)Oc1ccccc1C(=O)CO. The molecule has 1 N–H and O–H groups in total. The van der Waals surface area contributed by atoms with E-state index in [9.17, 15) is 9.59 Å². The van der Waals surface area contributed by atoms with E-state index in [-0.39, 0.29) is 11.3 Å². The summed E-state index contributed by atoms with van der Waals surface area (Å²) < 4.78 is 4.80. The average Bonchev–Trinajstić information content (AvgIpc) is 2.16. The maximum absolute atomic E-state index is 11.2. The highest BCUT2D eigenvalue weighted by molar-refractivity contribution is 5.99. The summed E-state index contributed by atoms with van der Waals surface area (Å²) in [6.45, 7) is 0.651. The summed E-state index contributed by atoms with van der Waals surface area (Å²) in [7, 11) is 0. The van der Waals surface area contributed by atoms with Gasteiger partial charge in [-0.3, -0.25) is 9.59 Å². The molecule has 0 fully saturated rings. The average molecular weight is 194 g/mol. The van der Waals surface area contributed by atoms with Gasteiger partial charge in [0.05, 0.1) is 5.56 Å². The van der Waals surface area contributed by atoms with Crippen LogP contribution in [0.1, 0.15) is 17.3 Å². The summed E-state index contributed by atoms with van der Waals surface area (Å²) in [5, 5.41) is 8.66. The second-order valence-corrected chi connectivity index (χ2v) is 2.67. The number of aliphatic hydroxyl groups is 1. The van der Waals surface area contributed by atoms with Crippen LogP contribution in [0.3, 0.4) is 0 Å². The molecule has 1 aromatic rings. The maximum atomic E-state index is 11.2. The van der Waals surface area contributed by atoms with E-state index in [1.807, 2.05) is 0 Å². The van der Waals surface area contributed by atoms with Crippen molar-refractivity contribution in [3.63, 3.8) is 0 Å². The number of esters is 1. The molecule has 1 rings (SSSR count). The molecule has 0 radical (unpaired) electrons. The van der Waals surface area contributed by atoms with Crippen molar-refractivity contribution in [2.24, 2.45) is 0 Å².